The maximum absolute atomic E-state index is 12.3. The predicted molar refractivity (Wildman–Crippen MR) is 184 cm³/mol. The van der Waals surface area contributed by atoms with E-state index >= 15 is 0 Å². The zero-order valence-electron chi connectivity index (χ0n) is 25.1. The molecule has 0 saturated carbocycles. The SMILES string of the molecule is C=CCOC(=O)c1csc(-c2ccc(OCC)cc2)n1.CCOc1ccc(-c2nc(C(=O)OC(CSC)CSC)cs2)cc1. The first-order valence-corrected chi connectivity index (χ1v) is 18.3. The number of benzene rings is 2. The molecule has 44 heavy (non-hydrogen) atoms. The molecule has 2 aromatic heterocycles. The van der Waals surface area contributed by atoms with Crippen LogP contribution in [-0.2, 0) is 9.47 Å². The van der Waals surface area contributed by atoms with Gasteiger partial charge in [0.15, 0.2) is 11.4 Å². The van der Waals surface area contributed by atoms with E-state index in [0.29, 0.717) is 24.6 Å². The van der Waals surface area contributed by atoms with Crippen LogP contribution >= 0.6 is 46.2 Å². The Balaban J connectivity index is 0.000000244. The van der Waals surface area contributed by atoms with Crippen molar-refractivity contribution in [2.45, 2.75) is 20.0 Å². The molecule has 0 N–H and O–H groups in total. The first kappa shape index (κ1) is 35.2. The van der Waals surface area contributed by atoms with Crippen molar-refractivity contribution in [3.63, 3.8) is 0 Å². The molecule has 0 bridgehead atoms. The van der Waals surface area contributed by atoms with Crippen LogP contribution in [0.25, 0.3) is 21.1 Å². The molecule has 2 aromatic carbocycles. The molecular weight excluding hydrogens is 637 g/mol. The van der Waals surface area contributed by atoms with Crippen LogP contribution in [0.3, 0.4) is 0 Å². The number of nitrogens with zero attached hydrogens (tertiary/aromatic N) is 2. The minimum Gasteiger partial charge on any atom is -0.494 e. The molecule has 0 amide bonds. The van der Waals surface area contributed by atoms with Crippen molar-refractivity contribution in [2.75, 3.05) is 43.8 Å². The number of thiazole rings is 2. The lowest BCUT2D eigenvalue weighted by Crippen LogP contribution is -2.23. The summed E-state index contributed by atoms with van der Waals surface area (Å²) in [7, 11) is 0. The molecule has 0 fully saturated rings. The van der Waals surface area contributed by atoms with E-state index < -0.39 is 5.97 Å². The number of rotatable bonds is 15. The lowest BCUT2D eigenvalue weighted by atomic mass is 10.2. The molecule has 0 atom stereocenters. The molecule has 0 saturated heterocycles. The lowest BCUT2D eigenvalue weighted by Gasteiger charge is -2.14. The third-order valence-electron chi connectivity index (χ3n) is 5.56. The summed E-state index contributed by atoms with van der Waals surface area (Å²) in [6.07, 6.45) is 5.46. The Morgan fingerprint density at radius 2 is 1.25 bits per heavy atom. The first-order valence-electron chi connectivity index (χ1n) is 13.8. The van der Waals surface area contributed by atoms with Crippen molar-refractivity contribution in [1.82, 2.24) is 9.97 Å². The molecule has 0 radical (unpaired) electrons. The van der Waals surface area contributed by atoms with Crippen LogP contribution in [0.1, 0.15) is 34.8 Å². The number of thioether (sulfide) groups is 2. The number of carbonyl (C=O) groups is 2. The monoisotopic (exact) mass is 672 g/mol. The van der Waals surface area contributed by atoms with Gasteiger partial charge in [-0.1, -0.05) is 12.7 Å². The number of aromatic nitrogens is 2. The molecule has 234 valence electrons. The van der Waals surface area contributed by atoms with Crippen molar-refractivity contribution in [1.29, 1.82) is 0 Å². The van der Waals surface area contributed by atoms with Gasteiger partial charge in [-0.2, -0.15) is 23.5 Å². The molecular formula is C32H36N2O6S4. The van der Waals surface area contributed by atoms with Crippen molar-refractivity contribution in [3.8, 4) is 32.6 Å². The lowest BCUT2D eigenvalue weighted by molar-refractivity contribution is 0.0388. The minimum absolute atomic E-state index is 0.0851. The van der Waals surface area contributed by atoms with E-state index in [2.05, 4.69) is 16.5 Å². The van der Waals surface area contributed by atoms with Crippen LogP contribution in [0.4, 0.5) is 0 Å². The average molecular weight is 673 g/mol. The van der Waals surface area contributed by atoms with E-state index in [4.69, 9.17) is 18.9 Å². The van der Waals surface area contributed by atoms with Gasteiger partial charge >= 0.3 is 11.9 Å². The summed E-state index contributed by atoms with van der Waals surface area (Å²) in [6.45, 7) is 8.85. The number of esters is 2. The Morgan fingerprint density at radius 1 is 0.795 bits per heavy atom. The summed E-state index contributed by atoms with van der Waals surface area (Å²) in [6, 6.07) is 15.3. The molecule has 8 nitrogen and oxygen atoms in total. The van der Waals surface area contributed by atoms with Gasteiger partial charge in [-0.3, -0.25) is 0 Å². The van der Waals surface area contributed by atoms with E-state index in [1.807, 2.05) is 74.9 Å². The molecule has 0 spiro atoms. The van der Waals surface area contributed by atoms with Crippen LogP contribution in [0.2, 0.25) is 0 Å². The summed E-state index contributed by atoms with van der Waals surface area (Å²) in [5, 5.41) is 5.02. The second-order valence-electron chi connectivity index (χ2n) is 8.82. The smallest absolute Gasteiger partial charge is 0.358 e. The quantitative estimate of drug-likeness (QED) is 0.0913. The van der Waals surface area contributed by atoms with Crippen molar-refractivity contribution in [2.24, 2.45) is 0 Å². The van der Waals surface area contributed by atoms with Gasteiger partial charge in [-0.05, 0) is 74.9 Å². The highest BCUT2D eigenvalue weighted by Crippen LogP contribution is 2.27. The van der Waals surface area contributed by atoms with Crippen LogP contribution in [0.5, 0.6) is 11.5 Å². The summed E-state index contributed by atoms with van der Waals surface area (Å²) < 4.78 is 21.3. The van der Waals surface area contributed by atoms with Gasteiger partial charge in [0.2, 0.25) is 0 Å². The molecule has 4 aromatic rings. The summed E-state index contributed by atoms with van der Waals surface area (Å²) in [5.74, 6) is 2.45. The molecule has 2 heterocycles. The van der Waals surface area contributed by atoms with Gasteiger partial charge in [-0.15, -0.1) is 22.7 Å². The van der Waals surface area contributed by atoms with E-state index in [9.17, 15) is 9.59 Å². The first-order chi connectivity index (χ1) is 21.4. The Morgan fingerprint density at radius 3 is 1.66 bits per heavy atom. The fourth-order valence-electron chi connectivity index (χ4n) is 3.63. The second-order valence-corrected chi connectivity index (χ2v) is 12.4. The molecule has 0 aliphatic rings. The summed E-state index contributed by atoms with van der Waals surface area (Å²) >= 11 is 6.19. The Bertz CT molecular complexity index is 1450. The van der Waals surface area contributed by atoms with Crippen LogP contribution < -0.4 is 9.47 Å². The third-order valence-corrected chi connectivity index (χ3v) is 8.76. The number of ether oxygens (including phenoxy) is 4. The summed E-state index contributed by atoms with van der Waals surface area (Å²) in [5.41, 5.74) is 2.60. The number of carbonyl (C=O) groups excluding carboxylic acids is 2. The fourth-order valence-corrected chi connectivity index (χ4v) is 6.48. The fraction of sp³-hybridized carbons (Fsp3) is 0.312. The summed E-state index contributed by atoms with van der Waals surface area (Å²) in [4.78, 5) is 32.6. The minimum atomic E-state index is -0.432. The third kappa shape index (κ3) is 11.0. The van der Waals surface area contributed by atoms with Gasteiger partial charge in [0.1, 0.15) is 34.2 Å². The molecule has 0 aliphatic carbocycles. The van der Waals surface area contributed by atoms with E-state index in [-0.39, 0.29) is 18.7 Å². The molecule has 0 aliphatic heterocycles. The zero-order valence-corrected chi connectivity index (χ0v) is 28.4. The standard InChI is InChI=1S/C17H21NO3S3.C15H15NO3S/c1-4-20-13-7-5-12(6-8-13)16-18-15(11-24-16)17(19)21-14(9-22-2)10-23-3;1-3-9-19-15(17)13-10-20-14(16-13)11-5-7-12(8-6-11)18-4-2/h5-8,11,14H,4,9-10H2,1-3H3;3,5-8,10H,1,4,9H2,2H3. The Kier molecular flexibility index (Phi) is 15.3. The molecule has 0 unspecified atom stereocenters. The highest BCUT2D eigenvalue weighted by Gasteiger charge is 2.18. The zero-order chi connectivity index (χ0) is 31.7. The maximum atomic E-state index is 12.3. The van der Waals surface area contributed by atoms with Gasteiger partial charge in [-0.25, -0.2) is 19.6 Å². The molecule has 4 rings (SSSR count). The van der Waals surface area contributed by atoms with Crippen molar-refractivity contribution < 1.29 is 28.5 Å². The highest BCUT2D eigenvalue weighted by atomic mass is 32.2. The van der Waals surface area contributed by atoms with Gasteiger partial charge < -0.3 is 18.9 Å². The van der Waals surface area contributed by atoms with Crippen LogP contribution in [-0.4, -0.2) is 71.8 Å². The highest BCUT2D eigenvalue weighted by molar-refractivity contribution is 7.99. The van der Waals surface area contributed by atoms with Gasteiger partial charge in [0, 0.05) is 33.4 Å². The average Bonchev–Trinajstić information content (AvgIpc) is 3.73. The van der Waals surface area contributed by atoms with Crippen molar-refractivity contribution in [3.05, 3.63) is 83.3 Å². The largest absolute Gasteiger partial charge is 0.494 e. The Hall–Kier alpha value is -3.32. The predicted octanol–water partition coefficient (Wildman–Crippen LogP) is 8.01. The van der Waals surface area contributed by atoms with Crippen molar-refractivity contribution >= 4 is 58.1 Å². The topological polar surface area (TPSA) is 96.8 Å². The van der Waals surface area contributed by atoms with Gasteiger partial charge in [0.25, 0.3) is 0 Å². The number of hydrogen-bond acceptors (Lipinski definition) is 12. The van der Waals surface area contributed by atoms with E-state index in [1.54, 1.807) is 34.3 Å². The maximum Gasteiger partial charge on any atom is 0.358 e. The number of hydrogen-bond donors (Lipinski definition) is 0. The van der Waals surface area contributed by atoms with E-state index in [1.165, 1.54) is 28.7 Å². The van der Waals surface area contributed by atoms with Crippen LogP contribution in [0, 0.1) is 0 Å². The van der Waals surface area contributed by atoms with E-state index in [0.717, 1.165) is 44.1 Å². The normalized spacial score (nSPS) is 10.5. The second kappa shape index (κ2) is 19.1. The van der Waals surface area contributed by atoms with Gasteiger partial charge in [0.05, 0.1) is 13.2 Å². The Labute approximate surface area is 275 Å². The molecule has 12 heteroatoms. The van der Waals surface area contributed by atoms with Crippen LogP contribution in [0.15, 0.2) is 71.9 Å².